The topological polar surface area (TPSA) is 110 Å². The van der Waals surface area contributed by atoms with Crippen molar-refractivity contribution in [3.63, 3.8) is 0 Å². The van der Waals surface area contributed by atoms with Crippen LogP contribution in [-0.2, 0) is 23.6 Å². The minimum absolute atomic E-state index is 0.249. The molecule has 0 aliphatic rings. The molecule has 9 nitrogen and oxygen atoms in total. The Hall–Kier alpha value is -3.28. The van der Waals surface area contributed by atoms with Crippen LogP contribution in [0.1, 0.15) is 5.56 Å². The molecule has 1 N–H and O–H groups in total. The van der Waals surface area contributed by atoms with Crippen LogP contribution >= 0.6 is 0 Å². The molecule has 0 fully saturated rings. The van der Waals surface area contributed by atoms with Crippen molar-refractivity contribution in [3.8, 4) is 11.3 Å². The summed E-state index contributed by atoms with van der Waals surface area (Å²) in [5.74, 6) is -2.15. The predicted molar refractivity (Wildman–Crippen MR) is 92.9 cm³/mol. The predicted octanol–water partition coefficient (Wildman–Crippen LogP) is 1.91. The first-order valence-corrected chi connectivity index (χ1v) is 9.26. The highest BCUT2D eigenvalue weighted by molar-refractivity contribution is 7.89. The number of amides is 1. The number of rotatable bonds is 5. The van der Waals surface area contributed by atoms with E-state index in [-0.39, 0.29) is 11.1 Å². The summed E-state index contributed by atoms with van der Waals surface area (Å²) in [6, 6.07) is 2.50. The van der Waals surface area contributed by atoms with Gasteiger partial charge in [-0.15, -0.1) is 0 Å². The Morgan fingerprint density at radius 1 is 1.29 bits per heavy atom. The molecule has 3 aromatic heterocycles. The molecular formula is C16H15F2N5O4S. The van der Waals surface area contributed by atoms with E-state index >= 15 is 4.39 Å². The number of carbonyl (C=O) groups is 1. The van der Waals surface area contributed by atoms with Gasteiger partial charge in [0, 0.05) is 44.4 Å². The minimum Gasteiger partial charge on any atom is -0.465 e. The molecule has 148 valence electrons. The molecule has 0 aliphatic carbocycles. The van der Waals surface area contributed by atoms with Gasteiger partial charge in [0.2, 0.25) is 11.1 Å². The molecule has 0 aliphatic heterocycles. The first-order chi connectivity index (χ1) is 13.1. The van der Waals surface area contributed by atoms with Crippen LogP contribution in [0.15, 0.2) is 42.1 Å². The molecule has 0 saturated heterocycles. The van der Waals surface area contributed by atoms with E-state index in [1.165, 1.54) is 43.2 Å². The quantitative estimate of drug-likeness (QED) is 0.642. The van der Waals surface area contributed by atoms with Gasteiger partial charge in [-0.05, 0) is 12.1 Å². The van der Waals surface area contributed by atoms with Crippen molar-refractivity contribution in [1.82, 2.24) is 23.4 Å². The van der Waals surface area contributed by atoms with Crippen molar-refractivity contribution < 1.29 is 27.1 Å². The molecule has 28 heavy (non-hydrogen) atoms. The lowest BCUT2D eigenvalue weighted by Gasteiger charge is -2.11. The maximum absolute atomic E-state index is 15.1. The van der Waals surface area contributed by atoms with Crippen LogP contribution in [0, 0.1) is 11.8 Å². The van der Waals surface area contributed by atoms with Gasteiger partial charge in [-0.1, -0.05) is 0 Å². The minimum atomic E-state index is -4.41. The van der Waals surface area contributed by atoms with Crippen LogP contribution in [-0.4, -0.2) is 50.1 Å². The molecule has 3 rings (SSSR count). The highest BCUT2D eigenvalue weighted by atomic mass is 32.2. The summed E-state index contributed by atoms with van der Waals surface area (Å²) >= 11 is 0. The van der Waals surface area contributed by atoms with Crippen molar-refractivity contribution in [2.75, 3.05) is 7.05 Å². The van der Waals surface area contributed by atoms with Crippen LogP contribution < -0.4 is 0 Å². The third-order valence-corrected chi connectivity index (χ3v) is 5.66. The maximum Gasteiger partial charge on any atom is 0.407 e. The zero-order valence-corrected chi connectivity index (χ0v) is 15.6. The number of hydrogen-bond donors (Lipinski definition) is 1. The fourth-order valence-electron chi connectivity index (χ4n) is 2.62. The van der Waals surface area contributed by atoms with E-state index in [1.54, 1.807) is 0 Å². The number of hydrogen-bond acceptors (Lipinski definition) is 5. The molecule has 12 heteroatoms. The van der Waals surface area contributed by atoms with E-state index < -0.39 is 45.3 Å². The fraction of sp³-hybridized carbons (Fsp3) is 0.188. The van der Waals surface area contributed by atoms with E-state index in [9.17, 15) is 17.6 Å². The second kappa shape index (κ2) is 7.03. The summed E-state index contributed by atoms with van der Waals surface area (Å²) in [5, 5.41) is 8.62. The molecule has 1 amide bonds. The van der Waals surface area contributed by atoms with Gasteiger partial charge in [-0.25, -0.2) is 23.1 Å². The van der Waals surface area contributed by atoms with E-state index in [2.05, 4.69) is 9.97 Å². The van der Waals surface area contributed by atoms with Crippen molar-refractivity contribution in [2.45, 2.75) is 11.7 Å². The Balaban J connectivity index is 2.28. The first-order valence-electron chi connectivity index (χ1n) is 7.82. The zero-order valence-electron chi connectivity index (χ0n) is 14.7. The number of halogens is 2. The van der Waals surface area contributed by atoms with E-state index in [4.69, 9.17) is 5.11 Å². The largest absolute Gasteiger partial charge is 0.465 e. The Labute approximate surface area is 158 Å². The van der Waals surface area contributed by atoms with E-state index in [1.807, 2.05) is 0 Å². The van der Waals surface area contributed by atoms with E-state index in [0.717, 1.165) is 17.3 Å². The van der Waals surface area contributed by atoms with Crippen LogP contribution in [0.5, 0.6) is 0 Å². The van der Waals surface area contributed by atoms with Crippen LogP contribution in [0.3, 0.4) is 0 Å². The second-order valence-electron chi connectivity index (χ2n) is 5.92. The van der Waals surface area contributed by atoms with Gasteiger partial charge in [0.25, 0.3) is 0 Å². The lowest BCUT2D eigenvalue weighted by Crippen LogP contribution is -2.24. The monoisotopic (exact) mass is 411 g/mol. The van der Waals surface area contributed by atoms with Gasteiger partial charge in [-0.3, -0.25) is 0 Å². The maximum atomic E-state index is 15.1. The summed E-state index contributed by atoms with van der Waals surface area (Å²) in [6.45, 7) is -0.445. The molecule has 0 saturated carbocycles. The summed E-state index contributed by atoms with van der Waals surface area (Å²) in [5.41, 5.74) is -1.23. The lowest BCUT2D eigenvalue weighted by atomic mass is 10.2. The lowest BCUT2D eigenvalue weighted by molar-refractivity contribution is 0.153. The van der Waals surface area contributed by atoms with Gasteiger partial charge in [0.1, 0.15) is 5.69 Å². The number of aromatic nitrogens is 4. The van der Waals surface area contributed by atoms with Gasteiger partial charge in [-0.2, -0.15) is 12.8 Å². The molecule has 3 heterocycles. The third kappa shape index (κ3) is 3.22. The van der Waals surface area contributed by atoms with Gasteiger partial charge in [0.05, 0.1) is 12.1 Å². The van der Waals surface area contributed by atoms with Crippen molar-refractivity contribution in [3.05, 3.63) is 54.2 Å². The van der Waals surface area contributed by atoms with Gasteiger partial charge in [0.15, 0.2) is 5.82 Å². The van der Waals surface area contributed by atoms with Crippen LogP contribution in [0.2, 0.25) is 0 Å². The summed E-state index contributed by atoms with van der Waals surface area (Å²) in [4.78, 5) is 19.0. The Morgan fingerprint density at radius 3 is 2.57 bits per heavy atom. The summed E-state index contributed by atoms with van der Waals surface area (Å²) in [6.07, 6.45) is 3.34. The van der Waals surface area contributed by atoms with Crippen LogP contribution in [0.4, 0.5) is 13.6 Å². The van der Waals surface area contributed by atoms with Crippen LogP contribution in [0.25, 0.3) is 11.3 Å². The standard InChI is InChI=1S/C16H15F2N5O4S/c1-21-7-6-20-15(21)28(26,27)23-9-10(8-22(2)16(24)25)12(17)13(23)11-4-3-5-19-14(11)18/h3-7,9H,8H2,1-2H3,(H,24,25). The highest BCUT2D eigenvalue weighted by Gasteiger charge is 2.31. The summed E-state index contributed by atoms with van der Waals surface area (Å²) < 4.78 is 57.2. The molecule has 0 unspecified atom stereocenters. The zero-order chi connectivity index (χ0) is 20.6. The molecule has 0 bridgehead atoms. The highest BCUT2D eigenvalue weighted by Crippen LogP contribution is 2.32. The number of nitrogens with zero attached hydrogens (tertiary/aromatic N) is 5. The van der Waals surface area contributed by atoms with Gasteiger partial charge >= 0.3 is 16.1 Å². The number of aryl methyl sites for hydroxylation is 1. The SMILES string of the molecule is CN(Cc1cn(S(=O)(=O)c2nccn2C)c(-c2cccnc2F)c1F)C(=O)O. The molecule has 3 aromatic rings. The average molecular weight is 411 g/mol. The molecule has 0 aromatic carbocycles. The van der Waals surface area contributed by atoms with Gasteiger partial charge < -0.3 is 14.6 Å². The summed E-state index contributed by atoms with van der Waals surface area (Å²) in [7, 11) is -1.79. The Bertz CT molecular complexity index is 1160. The van der Waals surface area contributed by atoms with E-state index in [0.29, 0.717) is 3.97 Å². The molecule has 0 atom stereocenters. The molecule has 0 radical (unpaired) electrons. The number of carboxylic acid groups (broad SMARTS) is 1. The van der Waals surface area contributed by atoms with Crippen molar-refractivity contribution in [2.24, 2.45) is 7.05 Å². The second-order valence-corrected chi connectivity index (χ2v) is 7.63. The molecule has 0 spiro atoms. The smallest absolute Gasteiger partial charge is 0.407 e. The Morgan fingerprint density at radius 2 is 2.00 bits per heavy atom. The first kappa shape index (κ1) is 19.5. The van der Waals surface area contributed by atoms with Crippen molar-refractivity contribution in [1.29, 1.82) is 0 Å². The average Bonchev–Trinajstić information content (AvgIpc) is 3.20. The number of pyridine rings is 1. The fourth-order valence-corrected chi connectivity index (χ4v) is 4.10. The third-order valence-electron chi connectivity index (χ3n) is 4.00. The Kier molecular flexibility index (Phi) is 4.89. The normalized spacial score (nSPS) is 11.6. The number of imidazole rings is 1. The molecular weight excluding hydrogens is 396 g/mol. The van der Waals surface area contributed by atoms with Crippen molar-refractivity contribution >= 4 is 16.1 Å².